The van der Waals surface area contributed by atoms with E-state index in [1.165, 1.54) is 14.2 Å². The highest BCUT2D eigenvalue weighted by atomic mass is 35.5. The van der Waals surface area contributed by atoms with E-state index >= 15 is 0 Å². The minimum absolute atomic E-state index is 0.0559. The van der Waals surface area contributed by atoms with Crippen LogP contribution in [0.15, 0.2) is 35.4 Å². The molecule has 0 fully saturated rings. The van der Waals surface area contributed by atoms with Crippen molar-refractivity contribution in [1.82, 2.24) is 0 Å². The van der Waals surface area contributed by atoms with Crippen molar-refractivity contribution in [3.63, 3.8) is 0 Å². The van der Waals surface area contributed by atoms with E-state index < -0.39 is 0 Å². The second-order valence-electron chi connectivity index (χ2n) is 4.27. The van der Waals surface area contributed by atoms with E-state index in [2.05, 4.69) is 10.5 Å². The Morgan fingerprint density at radius 2 is 1.68 bits per heavy atom. The largest absolute Gasteiger partial charge is 0.502 e. The average molecular weight is 341 g/mol. The van der Waals surface area contributed by atoms with Gasteiger partial charge in [-0.15, -0.1) is 0 Å². The zero-order valence-electron chi connectivity index (χ0n) is 11.9. The van der Waals surface area contributed by atoms with Gasteiger partial charge in [0.05, 0.1) is 36.2 Å². The number of hydrazone groups is 1. The lowest BCUT2D eigenvalue weighted by Crippen LogP contribution is -1.94. The molecule has 0 bridgehead atoms. The maximum Gasteiger partial charge on any atom is 0.200 e. The van der Waals surface area contributed by atoms with Crippen LogP contribution in [0.1, 0.15) is 5.56 Å². The number of ether oxygens (including phenoxy) is 2. The molecule has 2 aromatic rings. The van der Waals surface area contributed by atoms with Crippen LogP contribution < -0.4 is 14.9 Å². The van der Waals surface area contributed by atoms with Crippen molar-refractivity contribution < 1.29 is 14.6 Å². The summed E-state index contributed by atoms with van der Waals surface area (Å²) in [5, 5.41) is 14.8. The van der Waals surface area contributed by atoms with E-state index in [-0.39, 0.29) is 5.75 Å². The number of benzene rings is 2. The number of hydrogen-bond donors (Lipinski definition) is 2. The molecule has 5 nitrogen and oxygen atoms in total. The summed E-state index contributed by atoms with van der Waals surface area (Å²) in [6.07, 6.45) is 1.56. The van der Waals surface area contributed by atoms with E-state index in [1.54, 1.807) is 36.5 Å². The lowest BCUT2D eigenvalue weighted by atomic mass is 10.2. The Balaban J connectivity index is 2.17. The minimum Gasteiger partial charge on any atom is -0.502 e. The van der Waals surface area contributed by atoms with Crippen LogP contribution in [-0.4, -0.2) is 25.5 Å². The molecule has 0 spiro atoms. The molecule has 2 rings (SSSR count). The summed E-state index contributed by atoms with van der Waals surface area (Å²) in [4.78, 5) is 0. The second kappa shape index (κ2) is 7.24. The van der Waals surface area contributed by atoms with E-state index in [0.717, 1.165) is 0 Å². The fraction of sp³-hybridized carbons (Fsp3) is 0.133. The first-order valence-electron chi connectivity index (χ1n) is 6.24. The number of phenolic OH excluding ortho intramolecular Hbond substituents is 1. The van der Waals surface area contributed by atoms with Crippen molar-refractivity contribution in [3.05, 3.63) is 45.9 Å². The van der Waals surface area contributed by atoms with Crippen LogP contribution in [0.25, 0.3) is 0 Å². The molecule has 0 atom stereocenters. The highest BCUT2D eigenvalue weighted by Crippen LogP contribution is 2.36. The van der Waals surface area contributed by atoms with Gasteiger partial charge < -0.3 is 14.6 Å². The lowest BCUT2D eigenvalue weighted by molar-refractivity contribution is 0.340. The van der Waals surface area contributed by atoms with Crippen molar-refractivity contribution in [3.8, 4) is 17.2 Å². The van der Waals surface area contributed by atoms with Crippen LogP contribution in [0.3, 0.4) is 0 Å². The molecule has 2 aromatic carbocycles. The summed E-state index contributed by atoms with van der Waals surface area (Å²) in [7, 11) is 2.92. The Hall–Kier alpha value is -2.11. The number of aromatic hydroxyl groups is 1. The van der Waals surface area contributed by atoms with Gasteiger partial charge in [0, 0.05) is 5.56 Å². The summed E-state index contributed by atoms with van der Waals surface area (Å²) in [5.74, 6) is 0.547. The molecule has 0 saturated heterocycles. The van der Waals surface area contributed by atoms with Crippen LogP contribution in [-0.2, 0) is 0 Å². The monoisotopic (exact) mass is 340 g/mol. The number of anilines is 1. The summed E-state index contributed by atoms with van der Waals surface area (Å²) in [6, 6.07) is 8.37. The van der Waals surface area contributed by atoms with Crippen LogP contribution >= 0.6 is 23.2 Å². The summed E-state index contributed by atoms with van der Waals surface area (Å²) in [5.41, 5.74) is 4.22. The fourth-order valence-corrected chi connectivity index (χ4v) is 2.03. The minimum atomic E-state index is -0.0559. The number of phenols is 1. The van der Waals surface area contributed by atoms with Crippen LogP contribution in [0.2, 0.25) is 10.0 Å². The van der Waals surface area contributed by atoms with Gasteiger partial charge in [0.25, 0.3) is 0 Å². The average Bonchev–Trinajstić information content (AvgIpc) is 2.52. The van der Waals surface area contributed by atoms with Gasteiger partial charge >= 0.3 is 0 Å². The van der Waals surface area contributed by atoms with E-state index in [9.17, 15) is 5.11 Å². The third-order valence-electron chi connectivity index (χ3n) is 2.83. The molecule has 0 saturated carbocycles. The van der Waals surface area contributed by atoms with Crippen molar-refractivity contribution in [2.75, 3.05) is 19.6 Å². The molecule has 0 unspecified atom stereocenters. The number of rotatable bonds is 5. The second-order valence-corrected chi connectivity index (χ2v) is 5.09. The van der Waals surface area contributed by atoms with Crippen LogP contribution in [0, 0.1) is 0 Å². The van der Waals surface area contributed by atoms with Crippen molar-refractivity contribution >= 4 is 35.1 Å². The Labute approximate surface area is 138 Å². The summed E-state index contributed by atoms with van der Waals surface area (Å²) >= 11 is 11.8. The first-order valence-corrected chi connectivity index (χ1v) is 7.00. The van der Waals surface area contributed by atoms with Crippen LogP contribution in [0.5, 0.6) is 17.2 Å². The topological polar surface area (TPSA) is 63.1 Å². The molecular formula is C15H14Cl2N2O3. The highest BCUT2D eigenvalue weighted by Gasteiger charge is 2.10. The van der Waals surface area contributed by atoms with Gasteiger partial charge in [0.1, 0.15) is 0 Å². The third kappa shape index (κ3) is 3.75. The van der Waals surface area contributed by atoms with Gasteiger partial charge in [-0.1, -0.05) is 23.2 Å². The fourth-order valence-electron chi connectivity index (χ4n) is 1.74. The van der Waals surface area contributed by atoms with Crippen molar-refractivity contribution in [2.45, 2.75) is 0 Å². The maximum atomic E-state index is 9.84. The maximum absolute atomic E-state index is 9.84. The van der Waals surface area contributed by atoms with Crippen LogP contribution in [0.4, 0.5) is 5.69 Å². The van der Waals surface area contributed by atoms with Gasteiger partial charge in [0.2, 0.25) is 5.75 Å². The van der Waals surface area contributed by atoms with Gasteiger partial charge in [-0.2, -0.15) is 5.10 Å². The molecule has 7 heteroatoms. The molecule has 0 radical (unpaired) electrons. The molecule has 0 aliphatic heterocycles. The SMILES string of the molecule is COc1cc(C=NNc2ccc(Cl)c(Cl)c2)cc(OC)c1O. The van der Waals surface area contributed by atoms with Crippen molar-refractivity contribution in [2.24, 2.45) is 5.10 Å². The molecule has 2 N–H and O–H groups in total. The first kappa shape index (κ1) is 16.3. The van der Waals surface area contributed by atoms with E-state index in [4.69, 9.17) is 32.7 Å². The number of nitrogens with one attached hydrogen (secondary N) is 1. The Kier molecular flexibility index (Phi) is 5.35. The van der Waals surface area contributed by atoms with E-state index in [1.807, 2.05) is 0 Å². The molecule has 0 aliphatic carbocycles. The Bertz CT molecular complexity index is 680. The third-order valence-corrected chi connectivity index (χ3v) is 3.57. The van der Waals surface area contributed by atoms with Crippen molar-refractivity contribution in [1.29, 1.82) is 0 Å². The predicted octanol–water partition coefficient (Wildman–Crippen LogP) is 4.16. The normalized spacial score (nSPS) is 10.7. The first-order chi connectivity index (χ1) is 10.5. The number of methoxy groups -OCH3 is 2. The quantitative estimate of drug-likeness (QED) is 0.633. The Morgan fingerprint density at radius 3 is 2.23 bits per heavy atom. The predicted molar refractivity (Wildman–Crippen MR) is 88.9 cm³/mol. The number of hydrogen-bond acceptors (Lipinski definition) is 5. The molecule has 0 aromatic heterocycles. The van der Waals surface area contributed by atoms with Gasteiger partial charge in [-0.25, -0.2) is 0 Å². The standard InChI is InChI=1S/C15H14Cl2N2O3/c1-21-13-5-9(6-14(22-2)15(13)20)8-18-19-10-3-4-11(16)12(17)7-10/h3-8,19-20H,1-2H3. The zero-order valence-corrected chi connectivity index (χ0v) is 13.4. The smallest absolute Gasteiger partial charge is 0.200 e. The molecule has 0 amide bonds. The zero-order chi connectivity index (χ0) is 16.1. The van der Waals surface area contributed by atoms with E-state index in [0.29, 0.717) is 32.8 Å². The van der Waals surface area contributed by atoms with Gasteiger partial charge in [-0.3, -0.25) is 5.43 Å². The van der Waals surface area contributed by atoms with Gasteiger partial charge in [0.15, 0.2) is 11.5 Å². The lowest BCUT2D eigenvalue weighted by Gasteiger charge is -2.09. The summed E-state index contributed by atoms with van der Waals surface area (Å²) < 4.78 is 10.2. The number of halogens is 2. The Morgan fingerprint density at radius 1 is 1.05 bits per heavy atom. The number of nitrogens with zero attached hydrogens (tertiary/aromatic N) is 1. The molecule has 22 heavy (non-hydrogen) atoms. The molecular weight excluding hydrogens is 327 g/mol. The summed E-state index contributed by atoms with van der Waals surface area (Å²) in [6.45, 7) is 0. The molecule has 0 aliphatic rings. The molecule has 0 heterocycles. The highest BCUT2D eigenvalue weighted by molar-refractivity contribution is 6.42. The van der Waals surface area contributed by atoms with Gasteiger partial charge in [-0.05, 0) is 30.3 Å². The molecule has 116 valence electrons.